The molecule has 6 heteroatoms. The second-order valence-corrected chi connectivity index (χ2v) is 6.15. The van der Waals surface area contributed by atoms with E-state index < -0.39 is 10.2 Å². The van der Waals surface area contributed by atoms with Gasteiger partial charge < -0.3 is 5.11 Å². The molecular formula is C10H24N2O3S. The van der Waals surface area contributed by atoms with Gasteiger partial charge in [0, 0.05) is 19.7 Å². The van der Waals surface area contributed by atoms with E-state index in [9.17, 15) is 8.42 Å². The fourth-order valence-corrected chi connectivity index (χ4v) is 2.14. The van der Waals surface area contributed by atoms with E-state index in [-0.39, 0.29) is 12.5 Å². The molecule has 0 bridgehead atoms. The summed E-state index contributed by atoms with van der Waals surface area (Å²) in [6, 6.07) is 0. The summed E-state index contributed by atoms with van der Waals surface area (Å²) in [5.74, 6) is 0.527. The minimum atomic E-state index is -3.34. The van der Waals surface area contributed by atoms with E-state index >= 15 is 0 Å². The summed E-state index contributed by atoms with van der Waals surface area (Å²) in [6.07, 6.45) is 1.56. The molecule has 0 aromatic heterocycles. The molecular weight excluding hydrogens is 228 g/mol. The van der Waals surface area contributed by atoms with E-state index in [1.165, 1.54) is 0 Å². The Hall–Kier alpha value is -0.170. The zero-order chi connectivity index (χ0) is 12.6. The Bertz CT molecular complexity index is 265. The van der Waals surface area contributed by atoms with Gasteiger partial charge in [-0.2, -0.15) is 8.42 Å². The largest absolute Gasteiger partial charge is 0.396 e. The van der Waals surface area contributed by atoms with Crippen molar-refractivity contribution >= 4 is 10.2 Å². The minimum Gasteiger partial charge on any atom is -0.396 e. The predicted molar refractivity (Wildman–Crippen MR) is 65.2 cm³/mol. The molecule has 0 aromatic carbocycles. The van der Waals surface area contributed by atoms with E-state index in [2.05, 4.69) is 9.44 Å². The van der Waals surface area contributed by atoms with Gasteiger partial charge >= 0.3 is 0 Å². The maximum absolute atomic E-state index is 11.4. The van der Waals surface area contributed by atoms with Gasteiger partial charge in [0.05, 0.1) is 0 Å². The van der Waals surface area contributed by atoms with E-state index in [1.807, 2.05) is 20.8 Å². The highest BCUT2D eigenvalue weighted by Crippen LogP contribution is 2.02. The van der Waals surface area contributed by atoms with E-state index in [1.54, 1.807) is 0 Å². The fraction of sp³-hybridized carbons (Fsp3) is 1.00. The quantitative estimate of drug-likeness (QED) is 0.522. The first kappa shape index (κ1) is 15.8. The number of rotatable bonds is 9. The summed E-state index contributed by atoms with van der Waals surface area (Å²) in [5, 5.41) is 8.79. The van der Waals surface area contributed by atoms with Crippen molar-refractivity contribution < 1.29 is 13.5 Å². The number of aliphatic hydroxyl groups excluding tert-OH is 1. The Balaban J connectivity index is 3.66. The van der Waals surface area contributed by atoms with Crippen molar-refractivity contribution in [2.75, 3.05) is 19.7 Å². The van der Waals surface area contributed by atoms with Crippen LogP contribution in [0.15, 0.2) is 0 Å². The van der Waals surface area contributed by atoms with Crippen LogP contribution in [0.25, 0.3) is 0 Å². The van der Waals surface area contributed by atoms with Gasteiger partial charge in [0.15, 0.2) is 0 Å². The van der Waals surface area contributed by atoms with Gasteiger partial charge in [-0.3, -0.25) is 0 Å². The molecule has 0 fully saturated rings. The Morgan fingerprint density at radius 3 is 2.31 bits per heavy atom. The molecule has 5 nitrogen and oxygen atoms in total. The van der Waals surface area contributed by atoms with Gasteiger partial charge in [-0.15, -0.1) is 0 Å². The average Bonchev–Trinajstić information content (AvgIpc) is 2.21. The lowest BCUT2D eigenvalue weighted by Gasteiger charge is -2.11. The highest BCUT2D eigenvalue weighted by Gasteiger charge is 2.09. The van der Waals surface area contributed by atoms with Gasteiger partial charge in [-0.1, -0.05) is 20.8 Å². The molecule has 98 valence electrons. The molecule has 0 aliphatic carbocycles. The third-order valence-electron chi connectivity index (χ3n) is 2.16. The summed E-state index contributed by atoms with van der Waals surface area (Å²) in [7, 11) is -3.34. The highest BCUT2D eigenvalue weighted by atomic mass is 32.2. The van der Waals surface area contributed by atoms with Crippen molar-refractivity contribution in [2.24, 2.45) is 11.8 Å². The van der Waals surface area contributed by atoms with Crippen LogP contribution in [-0.2, 0) is 10.2 Å². The first-order valence-electron chi connectivity index (χ1n) is 5.72. The van der Waals surface area contributed by atoms with Gasteiger partial charge in [0.1, 0.15) is 0 Å². The second-order valence-electron chi connectivity index (χ2n) is 4.57. The van der Waals surface area contributed by atoms with E-state index in [4.69, 9.17) is 5.11 Å². The SMILES string of the molecule is CC(C)CNS(=O)(=O)NCCCC(C)CO. The Labute approximate surface area is 98.8 Å². The Morgan fingerprint density at radius 1 is 1.19 bits per heavy atom. The van der Waals surface area contributed by atoms with E-state index in [0.717, 1.165) is 12.8 Å². The summed E-state index contributed by atoms with van der Waals surface area (Å²) in [6.45, 7) is 6.85. The molecule has 1 atom stereocenters. The molecule has 0 heterocycles. The Morgan fingerprint density at radius 2 is 1.81 bits per heavy atom. The summed E-state index contributed by atoms with van der Waals surface area (Å²) >= 11 is 0. The van der Waals surface area contributed by atoms with Crippen molar-refractivity contribution in [3.63, 3.8) is 0 Å². The molecule has 0 spiro atoms. The number of nitrogens with one attached hydrogen (secondary N) is 2. The first-order valence-corrected chi connectivity index (χ1v) is 7.20. The molecule has 0 aliphatic heterocycles. The predicted octanol–water partition coefficient (Wildman–Crippen LogP) is 0.475. The third-order valence-corrected chi connectivity index (χ3v) is 3.29. The van der Waals surface area contributed by atoms with Crippen LogP contribution in [0.2, 0.25) is 0 Å². The van der Waals surface area contributed by atoms with Crippen LogP contribution >= 0.6 is 0 Å². The number of aliphatic hydroxyl groups is 1. The number of hydrogen-bond acceptors (Lipinski definition) is 3. The van der Waals surface area contributed by atoms with Crippen LogP contribution in [0.4, 0.5) is 0 Å². The van der Waals surface area contributed by atoms with Crippen LogP contribution in [0.3, 0.4) is 0 Å². The molecule has 0 rings (SSSR count). The van der Waals surface area contributed by atoms with Gasteiger partial charge in [0.25, 0.3) is 10.2 Å². The Kier molecular flexibility index (Phi) is 7.91. The first-order chi connectivity index (χ1) is 7.37. The van der Waals surface area contributed by atoms with E-state index in [0.29, 0.717) is 19.0 Å². The highest BCUT2D eigenvalue weighted by molar-refractivity contribution is 7.87. The summed E-state index contributed by atoms with van der Waals surface area (Å²) < 4.78 is 27.7. The van der Waals surface area contributed by atoms with Crippen LogP contribution in [0.5, 0.6) is 0 Å². The maximum atomic E-state index is 11.4. The fourth-order valence-electron chi connectivity index (χ4n) is 1.08. The summed E-state index contributed by atoms with van der Waals surface area (Å²) in [5.41, 5.74) is 0. The minimum absolute atomic E-state index is 0.151. The van der Waals surface area contributed by atoms with Crippen molar-refractivity contribution in [1.29, 1.82) is 0 Å². The third kappa shape index (κ3) is 9.08. The smallest absolute Gasteiger partial charge is 0.276 e. The lowest BCUT2D eigenvalue weighted by Crippen LogP contribution is -2.38. The summed E-state index contributed by atoms with van der Waals surface area (Å²) in [4.78, 5) is 0. The van der Waals surface area contributed by atoms with Crippen LogP contribution in [0.1, 0.15) is 33.6 Å². The van der Waals surface area contributed by atoms with Crippen molar-refractivity contribution in [1.82, 2.24) is 9.44 Å². The van der Waals surface area contributed by atoms with Crippen molar-refractivity contribution in [2.45, 2.75) is 33.6 Å². The molecule has 0 radical (unpaired) electrons. The van der Waals surface area contributed by atoms with Crippen LogP contribution in [0, 0.1) is 11.8 Å². The molecule has 0 amide bonds. The van der Waals surface area contributed by atoms with Gasteiger partial charge in [-0.25, -0.2) is 9.44 Å². The standard InChI is InChI=1S/C10H24N2O3S/c1-9(2)7-12-16(14,15)11-6-4-5-10(3)8-13/h9-13H,4-8H2,1-3H3. The second kappa shape index (κ2) is 8.00. The van der Waals surface area contributed by atoms with Gasteiger partial charge in [-0.05, 0) is 24.7 Å². The monoisotopic (exact) mass is 252 g/mol. The zero-order valence-electron chi connectivity index (χ0n) is 10.4. The molecule has 0 aromatic rings. The van der Waals surface area contributed by atoms with Crippen LogP contribution < -0.4 is 9.44 Å². The maximum Gasteiger partial charge on any atom is 0.276 e. The normalized spacial score (nSPS) is 14.3. The molecule has 0 saturated carbocycles. The molecule has 1 unspecified atom stereocenters. The molecule has 3 N–H and O–H groups in total. The molecule has 0 saturated heterocycles. The van der Waals surface area contributed by atoms with Gasteiger partial charge in [0.2, 0.25) is 0 Å². The average molecular weight is 252 g/mol. The van der Waals surface area contributed by atoms with Crippen molar-refractivity contribution in [3.05, 3.63) is 0 Å². The topological polar surface area (TPSA) is 78.4 Å². The molecule has 16 heavy (non-hydrogen) atoms. The lowest BCUT2D eigenvalue weighted by molar-refractivity contribution is 0.228. The van der Waals surface area contributed by atoms with Crippen molar-refractivity contribution in [3.8, 4) is 0 Å². The zero-order valence-corrected chi connectivity index (χ0v) is 11.2. The van der Waals surface area contributed by atoms with Crippen LogP contribution in [-0.4, -0.2) is 33.2 Å². The lowest BCUT2D eigenvalue weighted by atomic mass is 10.1. The number of hydrogen-bond donors (Lipinski definition) is 3. The molecule has 0 aliphatic rings.